The van der Waals surface area contributed by atoms with E-state index in [1.165, 1.54) is 31.4 Å². The Hall–Kier alpha value is -0.870. The van der Waals surface area contributed by atoms with Gasteiger partial charge in [-0.3, -0.25) is 0 Å². The smallest absolute Gasteiger partial charge is 0.0921 e. The van der Waals surface area contributed by atoms with E-state index in [9.17, 15) is 0 Å². The van der Waals surface area contributed by atoms with Crippen molar-refractivity contribution >= 4 is 0 Å². The second-order valence-electron chi connectivity index (χ2n) is 4.49. The van der Waals surface area contributed by atoms with Crippen LogP contribution < -0.4 is 5.32 Å². The van der Waals surface area contributed by atoms with E-state index in [0.717, 1.165) is 13.0 Å². The Labute approximate surface area is 96.8 Å². The summed E-state index contributed by atoms with van der Waals surface area (Å²) in [6.07, 6.45) is 10.0. The molecule has 2 N–H and O–H groups in total. The first-order chi connectivity index (χ1) is 7.88. The lowest BCUT2D eigenvalue weighted by Crippen LogP contribution is -2.36. The Bertz CT molecular complexity index is 278. The van der Waals surface area contributed by atoms with Crippen LogP contribution in [0.25, 0.3) is 0 Å². The molecule has 0 aliphatic heterocycles. The summed E-state index contributed by atoms with van der Waals surface area (Å²) >= 11 is 0. The topological polar surface area (TPSA) is 49.9 Å². The van der Waals surface area contributed by atoms with Gasteiger partial charge in [-0.1, -0.05) is 0 Å². The molecule has 1 saturated carbocycles. The van der Waals surface area contributed by atoms with Gasteiger partial charge in [-0.25, -0.2) is 4.98 Å². The Morgan fingerprint density at radius 1 is 1.44 bits per heavy atom. The van der Waals surface area contributed by atoms with Gasteiger partial charge in [0.2, 0.25) is 0 Å². The molecule has 0 atom stereocenters. The van der Waals surface area contributed by atoms with Crippen molar-refractivity contribution in [2.75, 3.05) is 13.7 Å². The number of hydrogen-bond acceptors (Lipinski definition) is 3. The lowest BCUT2D eigenvalue weighted by Gasteiger charge is -2.28. The summed E-state index contributed by atoms with van der Waals surface area (Å²) in [7, 11) is 1.82. The van der Waals surface area contributed by atoms with Crippen LogP contribution in [-0.2, 0) is 11.2 Å². The van der Waals surface area contributed by atoms with Crippen molar-refractivity contribution in [3.63, 3.8) is 0 Å². The lowest BCUT2D eigenvalue weighted by atomic mass is 9.93. The SMILES string of the molecule is COC1CCC(NCCc2cnc[nH]2)CC1. The summed E-state index contributed by atoms with van der Waals surface area (Å²) in [5.41, 5.74) is 1.21. The maximum Gasteiger partial charge on any atom is 0.0921 e. The third-order valence-corrected chi connectivity index (χ3v) is 3.39. The lowest BCUT2D eigenvalue weighted by molar-refractivity contribution is 0.0626. The predicted octanol–water partition coefficient (Wildman–Crippen LogP) is 1.50. The zero-order valence-corrected chi connectivity index (χ0v) is 9.91. The second kappa shape index (κ2) is 6.01. The van der Waals surface area contributed by atoms with Crippen LogP contribution in [0.4, 0.5) is 0 Å². The fourth-order valence-electron chi connectivity index (χ4n) is 2.34. The molecular weight excluding hydrogens is 202 g/mol. The molecule has 4 heteroatoms. The third kappa shape index (κ3) is 3.32. The molecule has 0 aromatic carbocycles. The maximum atomic E-state index is 5.36. The molecule has 1 heterocycles. The largest absolute Gasteiger partial charge is 0.381 e. The molecule has 2 rings (SSSR count). The highest BCUT2D eigenvalue weighted by atomic mass is 16.5. The molecule has 0 unspecified atom stereocenters. The highest BCUT2D eigenvalue weighted by molar-refractivity contribution is 4.94. The number of nitrogens with zero attached hydrogens (tertiary/aromatic N) is 1. The number of nitrogens with one attached hydrogen (secondary N) is 2. The standard InChI is InChI=1S/C12H21N3O/c1-16-12-4-2-10(3-5-12)14-7-6-11-8-13-9-15-11/h8-10,12,14H,2-7H2,1H3,(H,13,15). The summed E-state index contributed by atoms with van der Waals surface area (Å²) in [6.45, 7) is 1.03. The van der Waals surface area contributed by atoms with E-state index in [1.54, 1.807) is 6.33 Å². The van der Waals surface area contributed by atoms with Crippen molar-refractivity contribution in [2.45, 2.75) is 44.2 Å². The molecule has 1 aromatic rings. The van der Waals surface area contributed by atoms with Gasteiger partial charge in [0.15, 0.2) is 0 Å². The molecule has 1 aromatic heterocycles. The van der Waals surface area contributed by atoms with Crippen LogP contribution in [0.1, 0.15) is 31.4 Å². The number of hydrogen-bond donors (Lipinski definition) is 2. The van der Waals surface area contributed by atoms with E-state index in [4.69, 9.17) is 4.74 Å². The zero-order valence-electron chi connectivity index (χ0n) is 9.91. The van der Waals surface area contributed by atoms with Crippen LogP contribution in [0.15, 0.2) is 12.5 Å². The maximum absolute atomic E-state index is 5.36. The monoisotopic (exact) mass is 223 g/mol. The van der Waals surface area contributed by atoms with Gasteiger partial charge in [0.1, 0.15) is 0 Å². The minimum atomic E-state index is 0.491. The average molecular weight is 223 g/mol. The minimum Gasteiger partial charge on any atom is -0.381 e. The molecule has 1 aliphatic rings. The van der Waals surface area contributed by atoms with Gasteiger partial charge < -0.3 is 15.0 Å². The van der Waals surface area contributed by atoms with Gasteiger partial charge in [-0.2, -0.15) is 0 Å². The highest BCUT2D eigenvalue weighted by Gasteiger charge is 2.19. The highest BCUT2D eigenvalue weighted by Crippen LogP contribution is 2.20. The Morgan fingerprint density at radius 2 is 2.25 bits per heavy atom. The van der Waals surface area contributed by atoms with E-state index in [1.807, 2.05) is 13.3 Å². The van der Waals surface area contributed by atoms with Gasteiger partial charge in [0, 0.05) is 38.0 Å². The number of aromatic amines is 1. The van der Waals surface area contributed by atoms with Crippen molar-refractivity contribution in [3.8, 4) is 0 Å². The molecule has 4 nitrogen and oxygen atoms in total. The van der Waals surface area contributed by atoms with E-state index in [-0.39, 0.29) is 0 Å². The van der Waals surface area contributed by atoms with Crippen LogP contribution >= 0.6 is 0 Å². The molecule has 0 spiro atoms. The fourth-order valence-corrected chi connectivity index (χ4v) is 2.34. The summed E-state index contributed by atoms with van der Waals surface area (Å²) in [4.78, 5) is 7.13. The minimum absolute atomic E-state index is 0.491. The fraction of sp³-hybridized carbons (Fsp3) is 0.750. The summed E-state index contributed by atoms with van der Waals surface area (Å²) in [5.74, 6) is 0. The number of rotatable bonds is 5. The van der Waals surface area contributed by atoms with E-state index < -0.39 is 0 Å². The first-order valence-electron chi connectivity index (χ1n) is 6.12. The third-order valence-electron chi connectivity index (χ3n) is 3.39. The predicted molar refractivity (Wildman–Crippen MR) is 63.3 cm³/mol. The van der Waals surface area contributed by atoms with Crippen molar-refractivity contribution in [2.24, 2.45) is 0 Å². The zero-order chi connectivity index (χ0) is 11.2. The summed E-state index contributed by atoms with van der Waals surface area (Å²) in [6, 6.07) is 0.675. The van der Waals surface area contributed by atoms with Crippen LogP contribution in [0.3, 0.4) is 0 Å². The number of imidazole rings is 1. The molecule has 1 aliphatic carbocycles. The normalized spacial score (nSPS) is 25.8. The Morgan fingerprint density at radius 3 is 2.88 bits per heavy atom. The van der Waals surface area contributed by atoms with E-state index >= 15 is 0 Å². The van der Waals surface area contributed by atoms with Gasteiger partial charge >= 0.3 is 0 Å². The quantitative estimate of drug-likeness (QED) is 0.795. The van der Waals surface area contributed by atoms with Gasteiger partial charge in [-0.05, 0) is 25.7 Å². The van der Waals surface area contributed by atoms with Crippen LogP contribution in [0.2, 0.25) is 0 Å². The Kier molecular flexibility index (Phi) is 4.36. The molecule has 1 fully saturated rings. The number of ether oxygens (including phenoxy) is 1. The number of aromatic nitrogens is 2. The van der Waals surface area contributed by atoms with Crippen LogP contribution in [0, 0.1) is 0 Å². The molecule has 0 radical (unpaired) electrons. The second-order valence-corrected chi connectivity index (χ2v) is 4.49. The Balaban J connectivity index is 1.60. The first-order valence-corrected chi connectivity index (χ1v) is 6.12. The summed E-state index contributed by atoms with van der Waals surface area (Å²) in [5, 5.41) is 3.60. The number of H-pyrrole nitrogens is 1. The first kappa shape index (κ1) is 11.6. The molecule has 90 valence electrons. The van der Waals surface area contributed by atoms with E-state index in [2.05, 4.69) is 15.3 Å². The van der Waals surface area contributed by atoms with E-state index in [0.29, 0.717) is 12.1 Å². The molecule has 16 heavy (non-hydrogen) atoms. The van der Waals surface area contributed by atoms with Crippen LogP contribution in [-0.4, -0.2) is 35.8 Å². The molecule has 0 bridgehead atoms. The van der Waals surface area contributed by atoms with Crippen molar-refractivity contribution in [3.05, 3.63) is 18.2 Å². The van der Waals surface area contributed by atoms with Gasteiger partial charge in [0.05, 0.1) is 12.4 Å². The average Bonchev–Trinajstić information content (AvgIpc) is 2.83. The van der Waals surface area contributed by atoms with Gasteiger partial charge in [-0.15, -0.1) is 0 Å². The van der Waals surface area contributed by atoms with Crippen molar-refractivity contribution in [1.82, 2.24) is 15.3 Å². The van der Waals surface area contributed by atoms with Crippen molar-refractivity contribution < 1.29 is 4.74 Å². The number of methoxy groups -OCH3 is 1. The summed E-state index contributed by atoms with van der Waals surface area (Å²) < 4.78 is 5.36. The molecule has 0 amide bonds. The molecular formula is C12H21N3O. The molecule has 0 saturated heterocycles. The van der Waals surface area contributed by atoms with Gasteiger partial charge in [0.25, 0.3) is 0 Å². The van der Waals surface area contributed by atoms with Crippen LogP contribution in [0.5, 0.6) is 0 Å². The van der Waals surface area contributed by atoms with Crippen molar-refractivity contribution in [1.29, 1.82) is 0 Å².